The number of rotatable bonds is 2. The number of hydrogen-bond donors (Lipinski definition) is 0. The van der Waals surface area contributed by atoms with Crippen molar-refractivity contribution in [1.82, 2.24) is 0 Å². The number of esters is 1. The first kappa shape index (κ1) is 11.3. The van der Waals surface area contributed by atoms with Crippen LogP contribution in [-0.4, -0.2) is 12.1 Å². The molecule has 0 radical (unpaired) electrons. The summed E-state index contributed by atoms with van der Waals surface area (Å²) in [6.07, 6.45) is 9.27. The molecule has 0 aromatic heterocycles. The average Bonchev–Trinajstić information content (AvgIpc) is 2.21. The second-order valence-corrected chi connectivity index (χ2v) is 6.29. The van der Waals surface area contributed by atoms with Gasteiger partial charge < -0.3 is 4.74 Å². The molecular formula is C15H22O2. The Bertz CT molecular complexity index is 326. The fourth-order valence-corrected chi connectivity index (χ4v) is 4.57. The lowest BCUT2D eigenvalue weighted by Gasteiger charge is -2.51. The standard InChI is InChI=1S/C15H22O2/c1-9(17-10(2)16)3-15-13-5-11-4-12(7-13)8-14(15)6-11/h3,9,11-14H,4-8H2,1-2H3. The van der Waals surface area contributed by atoms with E-state index in [0.29, 0.717) is 0 Å². The van der Waals surface area contributed by atoms with Crippen molar-refractivity contribution in [3.8, 4) is 0 Å². The molecule has 0 saturated heterocycles. The maximum Gasteiger partial charge on any atom is 0.303 e. The SMILES string of the molecule is CC(=O)OC(C)C=C1C2CC3CC(C2)CC1C3. The van der Waals surface area contributed by atoms with E-state index < -0.39 is 0 Å². The van der Waals surface area contributed by atoms with Gasteiger partial charge in [-0.05, 0) is 68.8 Å². The minimum absolute atomic E-state index is 0.0416. The molecule has 0 aliphatic heterocycles. The second-order valence-electron chi connectivity index (χ2n) is 6.29. The summed E-state index contributed by atoms with van der Waals surface area (Å²) in [6.45, 7) is 3.48. The minimum atomic E-state index is -0.168. The van der Waals surface area contributed by atoms with Crippen LogP contribution >= 0.6 is 0 Å². The van der Waals surface area contributed by atoms with E-state index in [2.05, 4.69) is 6.08 Å². The zero-order valence-electron chi connectivity index (χ0n) is 10.8. The summed E-state index contributed by atoms with van der Waals surface area (Å²) in [6, 6.07) is 0. The number of hydrogen-bond acceptors (Lipinski definition) is 2. The summed E-state index contributed by atoms with van der Waals surface area (Å²) in [5.41, 5.74) is 1.62. The van der Waals surface area contributed by atoms with Crippen molar-refractivity contribution in [2.75, 3.05) is 0 Å². The van der Waals surface area contributed by atoms with Crippen LogP contribution < -0.4 is 0 Å². The molecule has 17 heavy (non-hydrogen) atoms. The van der Waals surface area contributed by atoms with Gasteiger partial charge in [0.05, 0.1) is 0 Å². The molecule has 4 bridgehead atoms. The molecule has 2 nitrogen and oxygen atoms in total. The summed E-state index contributed by atoms with van der Waals surface area (Å²) >= 11 is 0. The summed E-state index contributed by atoms with van der Waals surface area (Å²) in [5, 5.41) is 0. The highest BCUT2D eigenvalue weighted by Gasteiger charge is 2.45. The molecule has 0 N–H and O–H groups in total. The molecule has 0 aromatic carbocycles. The van der Waals surface area contributed by atoms with Gasteiger partial charge in [-0.25, -0.2) is 0 Å². The molecule has 4 aliphatic rings. The molecule has 4 fully saturated rings. The van der Waals surface area contributed by atoms with Gasteiger partial charge >= 0.3 is 5.97 Å². The van der Waals surface area contributed by atoms with Crippen LogP contribution in [-0.2, 0) is 9.53 Å². The Hall–Kier alpha value is -0.790. The first-order valence-corrected chi connectivity index (χ1v) is 7.00. The molecule has 4 aliphatic carbocycles. The second kappa shape index (κ2) is 4.15. The Balaban J connectivity index is 1.75. The summed E-state index contributed by atoms with van der Waals surface area (Å²) in [5.74, 6) is 3.45. The fourth-order valence-electron chi connectivity index (χ4n) is 4.57. The molecule has 0 aromatic rings. The van der Waals surface area contributed by atoms with E-state index >= 15 is 0 Å². The van der Waals surface area contributed by atoms with E-state index in [-0.39, 0.29) is 12.1 Å². The third kappa shape index (κ3) is 2.14. The average molecular weight is 234 g/mol. The van der Waals surface area contributed by atoms with Gasteiger partial charge in [0.15, 0.2) is 0 Å². The van der Waals surface area contributed by atoms with Crippen molar-refractivity contribution >= 4 is 5.97 Å². The molecule has 2 heteroatoms. The van der Waals surface area contributed by atoms with Crippen LogP contribution in [0.2, 0.25) is 0 Å². The lowest BCUT2D eigenvalue weighted by molar-refractivity contribution is -0.143. The van der Waals surface area contributed by atoms with Gasteiger partial charge in [0.25, 0.3) is 0 Å². The summed E-state index contributed by atoms with van der Waals surface area (Å²) < 4.78 is 5.24. The molecule has 0 amide bonds. The highest BCUT2D eigenvalue weighted by molar-refractivity contribution is 5.66. The van der Waals surface area contributed by atoms with E-state index in [1.165, 1.54) is 39.0 Å². The lowest BCUT2D eigenvalue weighted by atomic mass is 9.54. The number of ether oxygens (including phenoxy) is 1. The highest BCUT2D eigenvalue weighted by Crippen LogP contribution is 2.56. The van der Waals surface area contributed by atoms with E-state index in [1.54, 1.807) is 5.57 Å². The molecule has 0 heterocycles. The number of carbonyl (C=O) groups excluding carboxylic acids is 1. The Morgan fingerprint density at radius 1 is 1.18 bits per heavy atom. The topological polar surface area (TPSA) is 26.3 Å². The van der Waals surface area contributed by atoms with Gasteiger partial charge in [-0.2, -0.15) is 0 Å². The molecule has 0 spiro atoms. The molecule has 1 atom stereocenters. The molecular weight excluding hydrogens is 212 g/mol. The van der Waals surface area contributed by atoms with Crippen LogP contribution in [0.1, 0.15) is 46.0 Å². The summed E-state index contributed by atoms with van der Waals surface area (Å²) in [7, 11) is 0. The van der Waals surface area contributed by atoms with E-state index in [1.807, 2.05) is 6.92 Å². The Labute approximate surface area is 103 Å². The third-order valence-electron chi connectivity index (χ3n) is 4.86. The van der Waals surface area contributed by atoms with E-state index in [4.69, 9.17) is 4.74 Å². The van der Waals surface area contributed by atoms with Crippen LogP contribution in [0.15, 0.2) is 11.6 Å². The van der Waals surface area contributed by atoms with Crippen molar-refractivity contribution in [3.63, 3.8) is 0 Å². The van der Waals surface area contributed by atoms with E-state index in [0.717, 1.165) is 23.7 Å². The van der Waals surface area contributed by atoms with Crippen molar-refractivity contribution in [1.29, 1.82) is 0 Å². The van der Waals surface area contributed by atoms with Gasteiger partial charge in [-0.15, -0.1) is 0 Å². The van der Waals surface area contributed by atoms with Gasteiger partial charge in [0, 0.05) is 6.92 Å². The van der Waals surface area contributed by atoms with Gasteiger partial charge in [-0.3, -0.25) is 4.79 Å². The van der Waals surface area contributed by atoms with Crippen molar-refractivity contribution in [2.45, 2.75) is 52.1 Å². The molecule has 4 rings (SSSR count). The van der Waals surface area contributed by atoms with Gasteiger partial charge in [0.1, 0.15) is 6.10 Å². The molecule has 1 unspecified atom stereocenters. The Morgan fingerprint density at radius 2 is 1.71 bits per heavy atom. The van der Waals surface area contributed by atoms with Crippen molar-refractivity contribution in [2.24, 2.45) is 23.7 Å². The molecule has 4 saturated carbocycles. The number of allylic oxidation sites excluding steroid dienone is 1. The van der Waals surface area contributed by atoms with Gasteiger partial charge in [-0.1, -0.05) is 5.57 Å². The first-order valence-electron chi connectivity index (χ1n) is 7.00. The zero-order valence-corrected chi connectivity index (χ0v) is 10.8. The number of carbonyl (C=O) groups is 1. The maximum atomic E-state index is 11.0. The van der Waals surface area contributed by atoms with Gasteiger partial charge in [0.2, 0.25) is 0 Å². The fraction of sp³-hybridized carbons (Fsp3) is 0.800. The zero-order chi connectivity index (χ0) is 12.0. The molecule has 94 valence electrons. The predicted molar refractivity (Wildman–Crippen MR) is 66.4 cm³/mol. The van der Waals surface area contributed by atoms with Crippen LogP contribution in [0.5, 0.6) is 0 Å². The maximum absolute atomic E-state index is 11.0. The minimum Gasteiger partial charge on any atom is -0.459 e. The Morgan fingerprint density at radius 3 is 2.18 bits per heavy atom. The lowest BCUT2D eigenvalue weighted by Crippen LogP contribution is -2.40. The van der Waals surface area contributed by atoms with Crippen LogP contribution in [0.4, 0.5) is 0 Å². The van der Waals surface area contributed by atoms with Crippen molar-refractivity contribution < 1.29 is 9.53 Å². The van der Waals surface area contributed by atoms with E-state index in [9.17, 15) is 4.79 Å². The normalized spacial score (nSPS) is 40.2. The Kier molecular flexibility index (Phi) is 2.76. The van der Waals surface area contributed by atoms with Crippen LogP contribution in [0, 0.1) is 23.7 Å². The summed E-state index contributed by atoms with van der Waals surface area (Å²) in [4.78, 5) is 11.0. The smallest absolute Gasteiger partial charge is 0.303 e. The highest BCUT2D eigenvalue weighted by atomic mass is 16.5. The first-order chi connectivity index (χ1) is 8.11. The van der Waals surface area contributed by atoms with Crippen LogP contribution in [0.25, 0.3) is 0 Å². The van der Waals surface area contributed by atoms with Crippen molar-refractivity contribution in [3.05, 3.63) is 11.6 Å². The monoisotopic (exact) mass is 234 g/mol. The quantitative estimate of drug-likeness (QED) is 0.541. The largest absolute Gasteiger partial charge is 0.459 e. The predicted octanol–water partition coefficient (Wildman–Crippen LogP) is 3.32. The third-order valence-corrected chi connectivity index (χ3v) is 4.86. The van der Waals surface area contributed by atoms with Crippen LogP contribution in [0.3, 0.4) is 0 Å².